The van der Waals surface area contributed by atoms with E-state index in [-0.39, 0.29) is 40.2 Å². The molecule has 0 unspecified atom stereocenters. The summed E-state index contributed by atoms with van der Waals surface area (Å²) in [4.78, 5) is -0.138. The second-order valence-corrected chi connectivity index (χ2v) is 15.6. The summed E-state index contributed by atoms with van der Waals surface area (Å²) in [5.74, 6) is -0.676. The number of phenols is 1. The van der Waals surface area contributed by atoms with Gasteiger partial charge in [0.2, 0.25) is 10.0 Å². The Balaban J connectivity index is 1.43. The number of rotatable bonds is 11. The molecule has 10 heteroatoms. The fourth-order valence-corrected chi connectivity index (χ4v) is 8.40. The van der Waals surface area contributed by atoms with E-state index in [4.69, 9.17) is 23.2 Å². The SMILES string of the molecule is Cc1ccc(S(=O)(=O)CCc2cccc(CN(Cc3ccc(-c4ccccc4)cc3)S(=O)(=O)c3cc(Cl)cc(Cl)c3O)c2)cc1. The molecule has 0 aliphatic carbocycles. The van der Waals surface area contributed by atoms with Gasteiger partial charge in [0.15, 0.2) is 15.6 Å². The first-order valence-electron chi connectivity index (χ1n) is 14.1. The Bertz CT molecular complexity index is 2020. The fraction of sp³-hybridized carbons (Fsp3) is 0.143. The normalized spacial score (nSPS) is 12.0. The van der Waals surface area contributed by atoms with E-state index >= 15 is 0 Å². The summed E-state index contributed by atoms with van der Waals surface area (Å²) < 4.78 is 55.2. The van der Waals surface area contributed by atoms with Crippen molar-refractivity contribution in [2.24, 2.45) is 0 Å². The first-order valence-corrected chi connectivity index (χ1v) is 18.0. The zero-order chi connectivity index (χ0) is 32.2. The molecule has 0 aliphatic rings. The summed E-state index contributed by atoms with van der Waals surface area (Å²) >= 11 is 12.2. The highest BCUT2D eigenvalue weighted by Crippen LogP contribution is 2.37. The van der Waals surface area contributed by atoms with Crippen molar-refractivity contribution in [3.8, 4) is 16.9 Å². The molecular weight excluding hydrogens is 649 g/mol. The van der Waals surface area contributed by atoms with E-state index in [1.165, 1.54) is 16.4 Å². The van der Waals surface area contributed by atoms with Crippen molar-refractivity contribution in [1.82, 2.24) is 4.31 Å². The van der Waals surface area contributed by atoms with Gasteiger partial charge in [-0.3, -0.25) is 0 Å². The second kappa shape index (κ2) is 13.8. The van der Waals surface area contributed by atoms with Crippen molar-refractivity contribution in [2.75, 3.05) is 5.75 Å². The molecule has 0 atom stereocenters. The van der Waals surface area contributed by atoms with Crippen LogP contribution in [0.4, 0.5) is 0 Å². The van der Waals surface area contributed by atoms with Gasteiger partial charge in [-0.25, -0.2) is 16.8 Å². The van der Waals surface area contributed by atoms with Gasteiger partial charge >= 0.3 is 0 Å². The van der Waals surface area contributed by atoms with Gasteiger partial charge in [0.1, 0.15) is 4.90 Å². The topological polar surface area (TPSA) is 91.8 Å². The zero-order valence-corrected chi connectivity index (χ0v) is 27.5. The maximum absolute atomic E-state index is 14.0. The van der Waals surface area contributed by atoms with Crippen LogP contribution in [0.15, 0.2) is 125 Å². The van der Waals surface area contributed by atoms with Gasteiger partial charge < -0.3 is 5.11 Å². The van der Waals surface area contributed by atoms with Crippen LogP contribution in [-0.2, 0) is 39.4 Å². The standard InChI is InChI=1S/C35H31Cl2NO5S2/c1-25-10-16-32(17-11-25)44(40,41)19-18-26-6-5-7-28(20-26)24-38(45(42,43)34-22-31(36)21-33(37)35(34)39)23-27-12-14-30(15-13-27)29-8-3-2-4-9-29/h2-17,20-22,39H,18-19,23-24H2,1H3. The van der Waals surface area contributed by atoms with E-state index in [0.29, 0.717) is 5.56 Å². The summed E-state index contributed by atoms with van der Waals surface area (Å²) in [6.45, 7) is 1.84. The molecule has 0 spiro atoms. The van der Waals surface area contributed by atoms with Crippen molar-refractivity contribution >= 4 is 43.1 Å². The van der Waals surface area contributed by atoms with Gasteiger partial charge in [-0.1, -0.05) is 120 Å². The number of halogens is 2. The molecule has 5 aromatic carbocycles. The van der Waals surface area contributed by atoms with Gasteiger partial charge in [0.25, 0.3) is 0 Å². The second-order valence-electron chi connectivity index (χ2n) is 10.8. The molecule has 0 saturated heterocycles. The predicted octanol–water partition coefficient (Wildman–Crippen LogP) is 8.08. The van der Waals surface area contributed by atoms with Gasteiger partial charge in [0, 0.05) is 18.1 Å². The highest BCUT2D eigenvalue weighted by Gasteiger charge is 2.29. The smallest absolute Gasteiger partial charge is 0.247 e. The van der Waals surface area contributed by atoms with E-state index in [9.17, 15) is 21.9 Å². The molecule has 5 aromatic rings. The van der Waals surface area contributed by atoms with Gasteiger partial charge in [-0.05, 0) is 65.4 Å². The van der Waals surface area contributed by atoms with Crippen LogP contribution >= 0.6 is 23.2 Å². The number of aryl methyl sites for hydroxylation is 2. The highest BCUT2D eigenvalue weighted by molar-refractivity contribution is 7.91. The molecule has 1 N–H and O–H groups in total. The molecule has 0 bridgehead atoms. The van der Waals surface area contributed by atoms with E-state index in [2.05, 4.69) is 0 Å². The predicted molar refractivity (Wildman–Crippen MR) is 180 cm³/mol. The molecule has 0 saturated carbocycles. The molecule has 6 nitrogen and oxygen atoms in total. The number of sulfonamides is 1. The molecule has 0 aromatic heterocycles. The lowest BCUT2D eigenvalue weighted by Gasteiger charge is -2.24. The molecule has 45 heavy (non-hydrogen) atoms. The third-order valence-corrected chi connectivity index (χ3v) is 11.5. The molecule has 0 fully saturated rings. The van der Waals surface area contributed by atoms with Crippen LogP contribution < -0.4 is 0 Å². The van der Waals surface area contributed by atoms with Crippen molar-refractivity contribution in [1.29, 1.82) is 0 Å². The van der Waals surface area contributed by atoms with Crippen molar-refractivity contribution < 1.29 is 21.9 Å². The Morgan fingerprint density at radius 2 is 1.29 bits per heavy atom. The quantitative estimate of drug-likeness (QED) is 0.152. The maximum atomic E-state index is 14.0. The van der Waals surface area contributed by atoms with Crippen LogP contribution in [0, 0.1) is 6.92 Å². The Morgan fingerprint density at radius 3 is 1.98 bits per heavy atom. The molecule has 5 rings (SSSR count). The first-order chi connectivity index (χ1) is 21.4. The Kier molecular flexibility index (Phi) is 10.0. The van der Waals surface area contributed by atoms with E-state index in [1.807, 2.05) is 67.6 Å². The Labute approximate surface area is 274 Å². The molecule has 232 valence electrons. The third-order valence-electron chi connectivity index (χ3n) is 7.42. The average molecular weight is 681 g/mol. The van der Waals surface area contributed by atoms with Crippen LogP contribution in [0.25, 0.3) is 11.1 Å². The molecule has 0 amide bonds. The molecule has 0 aliphatic heterocycles. The van der Waals surface area contributed by atoms with Crippen molar-refractivity contribution in [2.45, 2.75) is 36.2 Å². The van der Waals surface area contributed by atoms with Crippen LogP contribution in [-0.4, -0.2) is 32.0 Å². The van der Waals surface area contributed by atoms with E-state index < -0.39 is 30.5 Å². The summed E-state index contributed by atoms with van der Waals surface area (Å²) in [5.41, 5.74) is 5.13. The van der Waals surface area contributed by atoms with Gasteiger partial charge in [0.05, 0.1) is 15.7 Å². The lowest BCUT2D eigenvalue weighted by molar-refractivity contribution is 0.394. The third kappa shape index (κ3) is 7.95. The number of hydrogen-bond donors (Lipinski definition) is 1. The van der Waals surface area contributed by atoms with E-state index in [1.54, 1.807) is 42.5 Å². The molecular formula is C35H31Cl2NO5S2. The van der Waals surface area contributed by atoms with Crippen LogP contribution in [0.5, 0.6) is 5.75 Å². The van der Waals surface area contributed by atoms with Crippen LogP contribution in [0.1, 0.15) is 22.3 Å². The maximum Gasteiger partial charge on any atom is 0.247 e. The number of nitrogens with zero attached hydrogens (tertiary/aromatic N) is 1. The van der Waals surface area contributed by atoms with Crippen LogP contribution in [0.3, 0.4) is 0 Å². The van der Waals surface area contributed by atoms with E-state index in [0.717, 1.165) is 27.8 Å². The number of hydrogen-bond acceptors (Lipinski definition) is 5. The minimum absolute atomic E-state index is 0.00694. The summed E-state index contributed by atoms with van der Waals surface area (Å²) in [7, 11) is -7.81. The monoisotopic (exact) mass is 679 g/mol. The largest absolute Gasteiger partial charge is 0.505 e. The highest BCUT2D eigenvalue weighted by atomic mass is 35.5. The molecule has 0 heterocycles. The van der Waals surface area contributed by atoms with Crippen molar-refractivity contribution in [3.63, 3.8) is 0 Å². The number of aromatic hydroxyl groups is 1. The molecule has 0 radical (unpaired) electrons. The lowest BCUT2D eigenvalue weighted by atomic mass is 10.0. The Hall–Kier alpha value is -3.66. The lowest BCUT2D eigenvalue weighted by Crippen LogP contribution is -2.30. The van der Waals surface area contributed by atoms with Crippen molar-refractivity contribution in [3.05, 3.63) is 148 Å². The minimum atomic E-state index is -4.30. The summed E-state index contributed by atoms with van der Waals surface area (Å²) in [6, 6.07) is 33.8. The van der Waals surface area contributed by atoms with Crippen LogP contribution in [0.2, 0.25) is 10.0 Å². The number of phenolic OH excluding ortho intramolecular Hbond substituents is 1. The number of benzene rings is 5. The summed E-state index contributed by atoms with van der Waals surface area (Å²) in [5, 5.41) is 10.5. The minimum Gasteiger partial charge on any atom is -0.505 e. The average Bonchev–Trinajstić information content (AvgIpc) is 3.02. The Morgan fingerprint density at radius 1 is 0.667 bits per heavy atom. The number of sulfone groups is 1. The zero-order valence-electron chi connectivity index (χ0n) is 24.4. The summed E-state index contributed by atoms with van der Waals surface area (Å²) in [6.07, 6.45) is 0.252. The fourth-order valence-electron chi connectivity index (χ4n) is 4.94. The van der Waals surface area contributed by atoms with Gasteiger partial charge in [-0.15, -0.1) is 0 Å². The first kappa shape index (κ1) is 32.7. The van der Waals surface area contributed by atoms with Gasteiger partial charge in [-0.2, -0.15) is 4.31 Å².